The second-order valence-electron chi connectivity index (χ2n) is 5.47. The summed E-state index contributed by atoms with van der Waals surface area (Å²) in [5.74, 6) is -2.40. The van der Waals surface area contributed by atoms with Crippen molar-refractivity contribution in [3.05, 3.63) is 0 Å². The van der Waals surface area contributed by atoms with Gasteiger partial charge in [-0.3, -0.25) is 9.59 Å². The van der Waals surface area contributed by atoms with Crippen LogP contribution in [0.3, 0.4) is 0 Å². The molecular formula is C13H19F3N2O2. The molecular weight excluding hydrogens is 273 g/mol. The van der Waals surface area contributed by atoms with Crippen molar-refractivity contribution in [2.45, 2.75) is 38.3 Å². The minimum Gasteiger partial charge on any atom is -0.342 e. The number of halogens is 3. The van der Waals surface area contributed by atoms with Gasteiger partial charge >= 0.3 is 12.1 Å². The maximum atomic E-state index is 12.4. The van der Waals surface area contributed by atoms with Crippen molar-refractivity contribution in [3.63, 3.8) is 0 Å². The number of carbonyl (C=O) groups excluding carboxylic acids is 2. The zero-order valence-electron chi connectivity index (χ0n) is 11.3. The number of hydrogen-bond acceptors (Lipinski definition) is 2. The molecule has 0 bridgehead atoms. The van der Waals surface area contributed by atoms with Crippen LogP contribution in [0.1, 0.15) is 32.1 Å². The third-order valence-corrected chi connectivity index (χ3v) is 3.97. The molecule has 7 heteroatoms. The van der Waals surface area contributed by atoms with E-state index in [4.69, 9.17) is 0 Å². The van der Waals surface area contributed by atoms with Gasteiger partial charge in [-0.25, -0.2) is 0 Å². The van der Waals surface area contributed by atoms with Crippen molar-refractivity contribution in [1.82, 2.24) is 9.80 Å². The highest BCUT2D eigenvalue weighted by atomic mass is 19.4. The summed E-state index contributed by atoms with van der Waals surface area (Å²) >= 11 is 0. The van der Waals surface area contributed by atoms with Crippen molar-refractivity contribution >= 4 is 11.8 Å². The number of rotatable bonds is 1. The molecule has 114 valence electrons. The summed E-state index contributed by atoms with van der Waals surface area (Å²) in [6, 6.07) is 0. The van der Waals surface area contributed by atoms with Gasteiger partial charge in [0.1, 0.15) is 0 Å². The highest BCUT2D eigenvalue weighted by molar-refractivity contribution is 5.84. The topological polar surface area (TPSA) is 40.6 Å². The second-order valence-corrected chi connectivity index (χ2v) is 5.47. The molecule has 2 aliphatic rings. The Bertz CT molecular complexity index is 378. The van der Waals surface area contributed by atoms with Gasteiger partial charge in [-0.15, -0.1) is 0 Å². The van der Waals surface area contributed by atoms with Gasteiger partial charge in [-0.05, 0) is 32.1 Å². The molecule has 2 rings (SSSR count). The summed E-state index contributed by atoms with van der Waals surface area (Å²) in [6.45, 7) is 1.35. The van der Waals surface area contributed by atoms with E-state index in [2.05, 4.69) is 0 Å². The van der Waals surface area contributed by atoms with E-state index in [1.807, 2.05) is 0 Å². The summed E-state index contributed by atoms with van der Waals surface area (Å²) in [6.07, 6.45) is -0.848. The normalized spacial score (nSPS) is 24.6. The van der Waals surface area contributed by atoms with E-state index in [-0.39, 0.29) is 19.0 Å². The van der Waals surface area contributed by atoms with Gasteiger partial charge in [0.05, 0.1) is 5.92 Å². The molecule has 0 saturated carbocycles. The Morgan fingerprint density at radius 2 is 1.50 bits per heavy atom. The van der Waals surface area contributed by atoms with Crippen molar-refractivity contribution in [2.75, 3.05) is 26.2 Å². The van der Waals surface area contributed by atoms with Crippen molar-refractivity contribution in [3.8, 4) is 0 Å². The summed E-state index contributed by atoms with van der Waals surface area (Å²) in [5, 5.41) is 0. The molecule has 2 heterocycles. The third-order valence-electron chi connectivity index (χ3n) is 3.97. The number of piperidine rings is 2. The standard InChI is InChI=1S/C13H19F3N2O2/c14-13(15,16)12(20)18-8-4-5-10(9-18)11(19)17-6-2-1-3-7-17/h10H,1-9H2. The lowest BCUT2D eigenvalue weighted by molar-refractivity contribution is -0.187. The summed E-state index contributed by atoms with van der Waals surface area (Å²) < 4.78 is 37.3. The molecule has 0 N–H and O–H groups in total. The van der Waals surface area contributed by atoms with E-state index in [9.17, 15) is 22.8 Å². The fourth-order valence-electron chi connectivity index (χ4n) is 2.91. The molecule has 2 saturated heterocycles. The van der Waals surface area contributed by atoms with Gasteiger partial charge in [0.15, 0.2) is 0 Å². The van der Waals surface area contributed by atoms with Crippen LogP contribution in [0.15, 0.2) is 0 Å². The molecule has 1 unspecified atom stereocenters. The fourth-order valence-corrected chi connectivity index (χ4v) is 2.91. The van der Waals surface area contributed by atoms with Crippen LogP contribution < -0.4 is 0 Å². The zero-order chi connectivity index (χ0) is 14.8. The van der Waals surface area contributed by atoms with Gasteiger partial charge < -0.3 is 9.80 Å². The Hall–Kier alpha value is -1.27. The highest BCUT2D eigenvalue weighted by Crippen LogP contribution is 2.25. The van der Waals surface area contributed by atoms with Gasteiger partial charge in [0.2, 0.25) is 5.91 Å². The van der Waals surface area contributed by atoms with Crippen LogP contribution >= 0.6 is 0 Å². The van der Waals surface area contributed by atoms with Crippen molar-refractivity contribution in [2.24, 2.45) is 5.92 Å². The number of hydrogen-bond donors (Lipinski definition) is 0. The molecule has 0 radical (unpaired) electrons. The van der Waals surface area contributed by atoms with Crippen LogP contribution in [0.4, 0.5) is 13.2 Å². The number of nitrogens with zero attached hydrogens (tertiary/aromatic N) is 2. The van der Waals surface area contributed by atoms with Gasteiger partial charge in [-0.2, -0.15) is 13.2 Å². The Labute approximate surface area is 115 Å². The Kier molecular flexibility index (Phi) is 4.55. The quantitative estimate of drug-likeness (QED) is 0.739. The molecule has 0 aromatic carbocycles. The molecule has 0 aromatic heterocycles. The lowest BCUT2D eigenvalue weighted by Gasteiger charge is -2.36. The smallest absolute Gasteiger partial charge is 0.342 e. The maximum absolute atomic E-state index is 12.4. The van der Waals surface area contributed by atoms with Crippen molar-refractivity contribution < 1.29 is 22.8 Å². The summed E-state index contributed by atoms with van der Waals surface area (Å²) in [4.78, 5) is 26.0. The Balaban J connectivity index is 1.96. The van der Waals surface area contributed by atoms with E-state index < -0.39 is 18.0 Å². The lowest BCUT2D eigenvalue weighted by Crippen LogP contribution is -2.50. The van der Waals surface area contributed by atoms with Gasteiger partial charge in [-0.1, -0.05) is 0 Å². The minimum absolute atomic E-state index is 0.0854. The Morgan fingerprint density at radius 1 is 0.900 bits per heavy atom. The van der Waals surface area contributed by atoms with Crippen LogP contribution in [-0.2, 0) is 9.59 Å². The fraction of sp³-hybridized carbons (Fsp3) is 0.846. The molecule has 2 aliphatic heterocycles. The monoisotopic (exact) mass is 292 g/mol. The number of alkyl halides is 3. The first-order chi connectivity index (χ1) is 9.39. The molecule has 2 fully saturated rings. The maximum Gasteiger partial charge on any atom is 0.471 e. The number of amides is 2. The zero-order valence-corrected chi connectivity index (χ0v) is 11.3. The molecule has 0 aromatic rings. The lowest BCUT2D eigenvalue weighted by atomic mass is 9.95. The van der Waals surface area contributed by atoms with E-state index in [1.165, 1.54) is 0 Å². The summed E-state index contributed by atoms with van der Waals surface area (Å²) in [7, 11) is 0. The molecule has 4 nitrogen and oxygen atoms in total. The SMILES string of the molecule is O=C(C1CCCN(C(=O)C(F)(F)F)C1)N1CCCCC1. The molecule has 2 amide bonds. The van der Waals surface area contributed by atoms with E-state index >= 15 is 0 Å². The predicted octanol–water partition coefficient (Wildman–Crippen LogP) is 1.80. The highest BCUT2D eigenvalue weighted by Gasteiger charge is 2.44. The largest absolute Gasteiger partial charge is 0.471 e. The van der Waals surface area contributed by atoms with Crippen LogP contribution in [0.25, 0.3) is 0 Å². The summed E-state index contributed by atoms with van der Waals surface area (Å²) in [5.41, 5.74) is 0. The number of likely N-dealkylation sites (tertiary alicyclic amines) is 2. The van der Waals surface area contributed by atoms with Crippen molar-refractivity contribution in [1.29, 1.82) is 0 Å². The van der Waals surface area contributed by atoms with Crippen LogP contribution in [0.5, 0.6) is 0 Å². The second kappa shape index (κ2) is 6.01. The average Bonchev–Trinajstić information content (AvgIpc) is 2.46. The average molecular weight is 292 g/mol. The van der Waals surface area contributed by atoms with E-state index in [1.54, 1.807) is 4.90 Å². The van der Waals surface area contributed by atoms with Crippen LogP contribution in [0, 0.1) is 5.92 Å². The molecule has 0 aliphatic carbocycles. The molecule has 0 spiro atoms. The molecule has 20 heavy (non-hydrogen) atoms. The van der Waals surface area contributed by atoms with E-state index in [0.29, 0.717) is 25.9 Å². The third kappa shape index (κ3) is 3.43. The first kappa shape index (κ1) is 15.1. The van der Waals surface area contributed by atoms with Crippen LogP contribution in [0.2, 0.25) is 0 Å². The van der Waals surface area contributed by atoms with Crippen LogP contribution in [-0.4, -0.2) is 54.0 Å². The van der Waals surface area contributed by atoms with E-state index in [0.717, 1.165) is 24.2 Å². The first-order valence-corrected chi connectivity index (χ1v) is 7.04. The first-order valence-electron chi connectivity index (χ1n) is 7.04. The minimum atomic E-state index is -4.85. The number of carbonyl (C=O) groups is 2. The predicted molar refractivity (Wildman–Crippen MR) is 65.8 cm³/mol. The Morgan fingerprint density at radius 3 is 2.10 bits per heavy atom. The molecule has 1 atom stereocenters. The van der Waals surface area contributed by atoms with Gasteiger partial charge in [0.25, 0.3) is 0 Å². The van der Waals surface area contributed by atoms with Gasteiger partial charge in [0, 0.05) is 26.2 Å².